The molecule has 9 heteroatoms. The second-order valence-corrected chi connectivity index (χ2v) is 7.75. The van der Waals surface area contributed by atoms with Crippen LogP contribution in [0.5, 0.6) is 5.75 Å². The quantitative estimate of drug-likeness (QED) is 0.436. The van der Waals surface area contributed by atoms with E-state index in [0.717, 1.165) is 24.2 Å². The number of carboxylic acids is 1. The molecule has 4 N–H and O–H groups in total. The van der Waals surface area contributed by atoms with Gasteiger partial charge in [0.05, 0.1) is 31.4 Å². The first-order valence-electron chi connectivity index (χ1n) is 10.8. The second-order valence-electron chi connectivity index (χ2n) is 7.75. The number of carboxylic acid groups (broad SMARTS) is 1. The van der Waals surface area contributed by atoms with E-state index in [4.69, 9.17) is 9.47 Å². The predicted molar refractivity (Wildman–Crippen MR) is 119 cm³/mol. The number of benzene rings is 1. The van der Waals surface area contributed by atoms with Gasteiger partial charge >= 0.3 is 12.0 Å². The lowest BCUT2D eigenvalue weighted by atomic mass is 9.87. The van der Waals surface area contributed by atoms with Gasteiger partial charge in [-0.05, 0) is 36.6 Å². The monoisotopic (exact) mass is 447 g/mol. The van der Waals surface area contributed by atoms with Crippen LogP contribution in [0.1, 0.15) is 45.6 Å². The maximum absolute atomic E-state index is 12.6. The molecule has 1 aliphatic rings. The maximum atomic E-state index is 12.6. The SMILES string of the molecule is CCC(CC)O[C@@H]1C=C(C(=O)O)C[C@H](NC(=O)NCc2ccc(OC)cc2)[C@H]1NC(C)=O. The molecular weight excluding hydrogens is 414 g/mol. The molecule has 9 nitrogen and oxygen atoms in total. The molecule has 1 aromatic carbocycles. The first-order chi connectivity index (χ1) is 15.3. The van der Waals surface area contributed by atoms with Gasteiger partial charge in [-0.25, -0.2) is 9.59 Å². The number of nitrogens with one attached hydrogen (secondary N) is 3. The van der Waals surface area contributed by atoms with Gasteiger partial charge in [-0.1, -0.05) is 26.0 Å². The Morgan fingerprint density at radius 1 is 1.12 bits per heavy atom. The van der Waals surface area contributed by atoms with Crippen LogP contribution >= 0.6 is 0 Å². The Hall–Kier alpha value is -3.07. The zero-order valence-corrected chi connectivity index (χ0v) is 19.0. The molecule has 176 valence electrons. The Kier molecular flexibility index (Phi) is 9.52. The zero-order chi connectivity index (χ0) is 23.7. The Morgan fingerprint density at radius 2 is 1.78 bits per heavy atom. The lowest BCUT2D eigenvalue weighted by Gasteiger charge is -2.38. The summed E-state index contributed by atoms with van der Waals surface area (Å²) in [6.07, 6.45) is 2.33. The van der Waals surface area contributed by atoms with Crippen LogP contribution in [-0.4, -0.2) is 54.4 Å². The van der Waals surface area contributed by atoms with Gasteiger partial charge in [0.2, 0.25) is 5.91 Å². The van der Waals surface area contributed by atoms with Crippen LogP contribution in [0, 0.1) is 0 Å². The largest absolute Gasteiger partial charge is 0.497 e. The molecule has 0 aliphatic heterocycles. The third kappa shape index (κ3) is 7.26. The highest BCUT2D eigenvalue weighted by molar-refractivity contribution is 5.87. The standard InChI is InChI=1S/C23H33N3O6/c1-5-17(6-2)32-20-12-16(22(28)29)11-19(21(20)25-14(3)27)26-23(30)24-13-15-7-9-18(31-4)10-8-15/h7-10,12,17,19-21H,5-6,11,13H2,1-4H3,(H,25,27)(H,28,29)(H2,24,26,30)/t19-,20+,21+/m0/s1. The van der Waals surface area contributed by atoms with Crippen LogP contribution in [-0.2, 0) is 20.9 Å². The van der Waals surface area contributed by atoms with E-state index < -0.39 is 30.2 Å². The van der Waals surface area contributed by atoms with Crippen LogP contribution in [0.25, 0.3) is 0 Å². The molecule has 0 radical (unpaired) electrons. The van der Waals surface area contributed by atoms with Crippen LogP contribution in [0.4, 0.5) is 4.79 Å². The summed E-state index contributed by atoms with van der Waals surface area (Å²) in [7, 11) is 1.58. The van der Waals surface area contributed by atoms with E-state index in [2.05, 4.69) is 16.0 Å². The summed E-state index contributed by atoms with van der Waals surface area (Å²) in [6.45, 7) is 5.62. The van der Waals surface area contributed by atoms with Crippen molar-refractivity contribution in [1.82, 2.24) is 16.0 Å². The Bertz CT molecular complexity index is 820. The number of aliphatic carboxylic acids is 1. The molecule has 3 amide bonds. The average molecular weight is 448 g/mol. The molecule has 32 heavy (non-hydrogen) atoms. The van der Waals surface area contributed by atoms with E-state index in [1.807, 2.05) is 26.0 Å². The highest BCUT2D eigenvalue weighted by Crippen LogP contribution is 2.24. The number of carbonyl (C=O) groups excluding carboxylic acids is 2. The fourth-order valence-electron chi connectivity index (χ4n) is 3.65. The molecule has 0 fully saturated rings. The number of hydrogen-bond donors (Lipinski definition) is 4. The molecule has 0 heterocycles. The van der Waals surface area contributed by atoms with Crippen molar-refractivity contribution in [2.45, 2.75) is 70.9 Å². The minimum atomic E-state index is -1.07. The smallest absolute Gasteiger partial charge is 0.331 e. The number of rotatable bonds is 10. The Labute approximate surface area is 188 Å². The summed E-state index contributed by atoms with van der Waals surface area (Å²) in [6, 6.07) is 5.57. The number of amides is 3. The molecule has 1 aromatic rings. The summed E-state index contributed by atoms with van der Waals surface area (Å²) in [4.78, 5) is 36.1. The number of methoxy groups -OCH3 is 1. The van der Waals surface area contributed by atoms with Gasteiger partial charge in [-0.15, -0.1) is 0 Å². The Morgan fingerprint density at radius 3 is 2.31 bits per heavy atom. The summed E-state index contributed by atoms with van der Waals surface area (Å²) < 4.78 is 11.2. The molecule has 0 spiro atoms. The highest BCUT2D eigenvalue weighted by Gasteiger charge is 2.38. The highest BCUT2D eigenvalue weighted by atomic mass is 16.5. The first kappa shape index (κ1) is 25.2. The van der Waals surface area contributed by atoms with Crippen LogP contribution < -0.4 is 20.7 Å². The molecular formula is C23H33N3O6. The minimum absolute atomic E-state index is 0.0685. The molecule has 0 bridgehead atoms. The van der Waals surface area contributed by atoms with Crippen molar-refractivity contribution in [3.05, 3.63) is 41.5 Å². The fraction of sp³-hybridized carbons (Fsp3) is 0.522. The van der Waals surface area contributed by atoms with Gasteiger partial charge in [0.25, 0.3) is 0 Å². The summed E-state index contributed by atoms with van der Waals surface area (Å²) in [5.74, 6) is -0.643. The lowest BCUT2D eigenvalue weighted by Crippen LogP contribution is -2.60. The lowest BCUT2D eigenvalue weighted by molar-refractivity contribution is -0.133. The van der Waals surface area contributed by atoms with E-state index in [-0.39, 0.29) is 30.5 Å². The molecule has 1 aliphatic carbocycles. The third-order valence-corrected chi connectivity index (χ3v) is 5.43. The predicted octanol–water partition coefficient (Wildman–Crippen LogP) is 2.36. The molecule has 0 aromatic heterocycles. The van der Waals surface area contributed by atoms with Crippen molar-refractivity contribution in [1.29, 1.82) is 0 Å². The molecule has 0 saturated heterocycles. The van der Waals surface area contributed by atoms with Crippen LogP contribution in [0.2, 0.25) is 0 Å². The molecule has 2 rings (SSSR count). The second kappa shape index (κ2) is 12.1. The van der Waals surface area contributed by atoms with E-state index in [9.17, 15) is 19.5 Å². The van der Waals surface area contributed by atoms with E-state index in [1.165, 1.54) is 13.0 Å². The van der Waals surface area contributed by atoms with Gasteiger partial charge in [0, 0.05) is 25.5 Å². The maximum Gasteiger partial charge on any atom is 0.331 e. The van der Waals surface area contributed by atoms with Crippen molar-refractivity contribution < 1.29 is 29.0 Å². The van der Waals surface area contributed by atoms with Gasteiger partial charge in [-0.2, -0.15) is 0 Å². The van der Waals surface area contributed by atoms with Gasteiger partial charge < -0.3 is 30.5 Å². The van der Waals surface area contributed by atoms with E-state index in [1.54, 1.807) is 19.2 Å². The number of hydrogen-bond acceptors (Lipinski definition) is 5. The van der Waals surface area contributed by atoms with Gasteiger partial charge in [0.1, 0.15) is 5.75 Å². The van der Waals surface area contributed by atoms with Crippen molar-refractivity contribution in [2.24, 2.45) is 0 Å². The van der Waals surface area contributed by atoms with E-state index in [0.29, 0.717) is 0 Å². The number of ether oxygens (including phenoxy) is 2. The van der Waals surface area contributed by atoms with Crippen molar-refractivity contribution in [3.63, 3.8) is 0 Å². The Balaban J connectivity index is 2.13. The molecule has 0 unspecified atom stereocenters. The third-order valence-electron chi connectivity index (χ3n) is 5.43. The topological polar surface area (TPSA) is 126 Å². The van der Waals surface area contributed by atoms with Gasteiger partial charge in [0.15, 0.2) is 0 Å². The normalized spacial score (nSPS) is 20.3. The van der Waals surface area contributed by atoms with Crippen molar-refractivity contribution in [2.75, 3.05) is 7.11 Å². The first-order valence-corrected chi connectivity index (χ1v) is 10.8. The zero-order valence-electron chi connectivity index (χ0n) is 19.0. The average Bonchev–Trinajstić information content (AvgIpc) is 2.77. The molecule has 3 atom stereocenters. The minimum Gasteiger partial charge on any atom is -0.497 e. The van der Waals surface area contributed by atoms with Crippen molar-refractivity contribution >= 4 is 17.9 Å². The number of urea groups is 1. The fourth-order valence-corrected chi connectivity index (χ4v) is 3.65. The summed E-state index contributed by atoms with van der Waals surface area (Å²) in [5, 5.41) is 18.0. The van der Waals surface area contributed by atoms with E-state index >= 15 is 0 Å². The summed E-state index contributed by atoms with van der Waals surface area (Å²) >= 11 is 0. The summed E-state index contributed by atoms with van der Waals surface area (Å²) in [5.41, 5.74) is 1.02. The van der Waals surface area contributed by atoms with Crippen LogP contribution in [0.3, 0.4) is 0 Å². The number of carbonyl (C=O) groups is 3. The van der Waals surface area contributed by atoms with Gasteiger partial charge in [-0.3, -0.25) is 4.79 Å². The molecule has 0 saturated carbocycles. The van der Waals surface area contributed by atoms with Crippen LogP contribution in [0.15, 0.2) is 35.9 Å². The van der Waals surface area contributed by atoms with Crippen molar-refractivity contribution in [3.8, 4) is 5.75 Å².